The molecule has 0 saturated carbocycles. The highest BCUT2D eigenvalue weighted by Crippen LogP contribution is 2.16. The van der Waals surface area contributed by atoms with Gasteiger partial charge in [-0.3, -0.25) is 9.59 Å². The van der Waals surface area contributed by atoms with Crippen molar-refractivity contribution in [2.24, 2.45) is 5.73 Å². The second kappa shape index (κ2) is 6.51. The van der Waals surface area contributed by atoms with Crippen LogP contribution in [0.15, 0.2) is 0 Å². The number of aromatic nitrogens is 2. The number of hydrogen-bond donors (Lipinski definition) is 1. The Morgan fingerprint density at radius 2 is 2.18 bits per heavy atom. The van der Waals surface area contributed by atoms with Crippen LogP contribution in [0, 0.1) is 0 Å². The van der Waals surface area contributed by atoms with Crippen LogP contribution in [0.1, 0.15) is 29.6 Å². The minimum atomic E-state index is -0.551. The number of hydrogen-bond acceptors (Lipinski definition) is 5. The summed E-state index contributed by atoms with van der Waals surface area (Å²) in [6.45, 7) is 2.35. The third-order valence-corrected chi connectivity index (χ3v) is 3.01. The average molecular weight is 277 g/mol. The van der Waals surface area contributed by atoms with Crippen LogP contribution in [-0.4, -0.2) is 40.0 Å². The minimum absolute atomic E-state index is 0.115. The first kappa shape index (κ1) is 13.9. The molecule has 0 bridgehead atoms. The molecule has 0 radical (unpaired) electrons. The van der Waals surface area contributed by atoms with E-state index in [1.807, 2.05) is 6.92 Å². The van der Waals surface area contributed by atoms with E-state index in [9.17, 15) is 9.59 Å². The van der Waals surface area contributed by atoms with Gasteiger partial charge in [-0.1, -0.05) is 24.7 Å². The normalized spacial score (nSPS) is 10.2. The number of unbranched alkanes of at least 4 members (excludes halogenated alkanes) is 1. The Morgan fingerprint density at radius 1 is 1.47 bits per heavy atom. The van der Waals surface area contributed by atoms with E-state index in [2.05, 4.69) is 10.2 Å². The second-order valence-electron chi connectivity index (χ2n) is 3.41. The first-order chi connectivity index (χ1) is 8.04. The molecule has 0 aliphatic carbocycles. The molecule has 0 spiro atoms. The summed E-state index contributed by atoms with van der Waals surface area (Å²) < 4.78 is 0.197. The van der Waals surface area contributed by atoms with Crippen LogP contribution in [0.25, 0.3) is 0 Å². The Balaban J connectivity index is 2.74. The molecule has 1 aromatic heterocycles. The molecule has 2 N–H and O–H groups in total. The van der Waals surface area contributed by atoms with Gasteiger partial charge in [-0.15, -0.1) is 10.2 Å². The Morgan fingerprint density at radius 3 is 2.65 bits per heavy atom. The number of carbonyl (C=O) groups excluding carboxylic acids is 2. The van der Waals surface area contributed by atoms with Gasteiger partial charge < -0.3 is 10.6 Å². The number of amides is 2. The summed E-state index contributed by atoms with van der Waals surface area (Å²) in [4.78, 5) is 24.2. The molecule has 6 nitrogen and oxygen atoms in total. The fourth-order valence-corrected chi connectivity index (χ4v) is 2.01. The van der Waals surface area contributed by atoms with E-state index >= 15 is 0 Å². The third-order valence-electron chi connectivity index (χ3n) is 2.00. The molecule has 0 atom stereocenters. The van der Waals surface area contributed by atoms with Crippen molar-refractivity contribution in [1.82, 2.24) is 15.1 Å². The Labute approximate surface area is 108 Å². The van der Waals surface area contributed by atoms with Crippen molar-refractivity contribution >= 4 is 34.8 Å². The van der Waals surface area contributed by atoms with E-state index in [-0.39, 0.29) is 21.9 Å². The van der Waals surface area contributed by atoms with Crippen molar-refractivity contribution in [2.75, 3.05) is 13.1 Å². The number of nitrogens with two attached hydrogens (primary N) is 1. The molecule has 8 heteroatoms. The molecule has 0 aliphatic heterocycles. The standard InChI is InChI=1S/C9H13ClN4O2S/c1-2-3-4-14(5-6(11)15)8(16)7-12-13-9(10)17-7/h2-5H2,1H3,(H2,11,15). The average Bonchev–Trinajstić information content (AvgIpc) is 2.69. The summed E-state index contributed by atoms with van der Waals surface area (Å²) in [5, 5.41) is 7.37. The molecular formula is C9H13ClN4O2S. The van der Waals surface area contributed by atoms with Crippen molar-refractivity contribution in [2.45, 2.75) is 19.8 Å². The highest BCUT2D eigenvalue weighted by atomic mass is 35.5. The predicted molar refractivity (Wildman–Crippen MR) is 64.9 cm³/mol. The summed E-state index contributed by atoms with van der Waals surface area (Å²) in [5.41, 5.74) is 5.09. The van der Waals surface area contributed by atoms with Crippen LogP contribution in [0.3, 0.4) is 0 Å². The Kier molecular flexibility index (Phi) is 5.30. The lowest BCUT2D eigenvalue weighted by molar-refractivity contribution is -0.118. The highest BCUT2D eigenvalue weighted by Gasteiger charge is 2.20. The van der Waals surface area contributed by atoms with Crippen molar-refractivity contribution in [3.8, 4) is 0 Å². The van der Waals surface area contributed by atoms with Gasteiger partial charge in [0.25, 0.3) is 5.91 Å². The lowest BCUT2D eigenvalue weighted by Crippen LogP contribution is -2.39. The minimum Gasteiger partial charge on any atom is -0.368 e. The van der Waals surface area contributed by atoms with E-state index in [0.717, 1.165) is 24.2 Å². The predicted octanol–water partition coefficient (Wildman–Crippen LogP) is 0.919. The van der Waals surface area contributed by atoms with Gasteiger partial charge in [0.2, 0.25) is 15.4 Å². The molecule has 17 heavy (non-hydrogen) atoms. The molecule has 0 saturated heterocycles. The maximum absolute atomic E-state index is 12.0. The first-order valence-corrected chi connectivity index (χ1v) is 6.30. The summed E-state index contributed by atoms with van der Waals surface area (Å²) >= 11 is 6.59. The monoisotopic (exact) mass is 276 g/mol. The molecule has 1 aromatic rings. The number of primary amides is 1. The van der Waals surface area contributed by atoms with Crippen molar-refractivity contribution < 1.29 is 9.59 Å². The van der Waals surface area contributed by atoms with Crippen molar-refractivity contribution in [1.29, 1.82) is 0 Å². The molecule has 0 unspecified atom stereocenters. The molecule has 0 aliphatic rings. The van der Waals surface area contributed by atoms with Gasteiger partial charge >= 0.3 is 0 Å². The Hall–Kier alpha value is -1.21. The SMILES string of the molecule is CCCCN(CC(N)=O)C(=O)c1nnc(Cl)s1. The van der Waals surface area contributed by atoms with Crippen LogP contribution in [0.5, 0.6) is 0 Å². The summed E-state index contributed by atoms with van der Waals surface area (Å²) in [5.74, 6) is -0.910. The Bertz CT molecular complexity index is 409. The maximum Gasteiger partial charge on any atom is 0.285 e. The second-order valence-corrected chi connectivity index (χ2v) is 4.97. The highest BCUT2D eigenvalue weighted by molar-refractivity contribution is 7.17. The van der Waals surface area contributed by atoms with Crippen LogP contribution in [0.2, 0.25) is 4.47 Å². The zero-order valence-corrected chi connectivity index (χ0v) is 10.9. The van der Waals surface area contributed by atoms with Gasteiger partial charge in [0.05, 0.1) is 6.54 Å². The largest absolute Gasteiger partial charge is 0.368 e. The van der Waals surface area contributed by atoms with Crippen LogP contribution >= 0.6 is 22.9 Å². The molecule has 2 amide bonds. The molecule has 0 fully saturated rings. The number of nitrogens with zero attached hydrogens (tertiary/aromatic N) is 3. The first-order valence-electron chi connectivity index (χ1n) is 5.11. The van der Waals surface area contributed by atoms with Crippen LogP contribution in [-0.2, 0) is 4.79 Å². The zero-order chi connectivity index (χ0) is 12.8. The maximum atomic E-state index is 12.0. The summed E-state index contributed by atoms with van der Waals surface area (Å²) in [6.07, 6.45) is 1.71. The molecule has 94 valence electrons. The fraction of sp³-hybridized carbons (Fsp3) is 0.556. The quantitative estimate of drug-likeness (QED) is 0.837. The smallest absolute Gasteiger partial charge is 0.285 e. The molecule has 1 rings (SSSR count). The lowest BCUT2D eigenvalue weighted by atomic mass is 10.3. The van der Waals surface area contributed by atoms with Gasteiger partial charge in [-0.2, -0.15) is 0 Å². The van der Waals surface area contributed by atoms with E-state index < -0.39 is 5.91 Å². The van der Waals surface area contributed by atoms with E-state index in [0.29, 0.717) is 6.54 Å². The van der Waals surface area contributed by atoms with Gasteiger partial charge in [-0.25, -0.2) is 0 Å². The zero-order valence-electron chi connectivity index (χ0n) is 9.35. The van der Waals surface area contributed by atoms with Crippen molar-refractivity contribution in [3.63, 3.8) is 0 Å². The third kappa shape index (κ3) is 4.27. The van der Waals surface area contributed by atoms with Gasteiger partial charge in [0.1, 0.15) is 0 Å². The van der Waals surface area contributed by atoms with E-state index in [1.165, 1.54) is 4.90 Å². The topological polar surface area (TPSA) is 89.2 Å². The lowest BCUT2D eigenvalue weighted by Gasteiger charge is -2.19. The fourth-order valence-electron chi connectivity index (χ4n) is 1.22. The molecule has 0 aromatic carbocycles. The van der Waals surface area contributed by atoms with Crippen molar-refractivity contribution in [3.05, 3.63) is 9.47 Å². The van der Waals surface area contributed by atoms with Crippen LogP contribution in [0.4, 0.5) is 0 Å². The molecular weight excluding hydrogens is 264 g/mol. The van der Waals surface area contributed by atoms with Gasteiger partial charge in [0.15, 0.2) is 0 Å². The molecule has 1 heterocycles. The van der Waals surface area contributed by atoms with Gasteiger partial charge in [-0.05, 0) is 18.0 Å². The van der Waals surface area contributed by atoms with E-state index in [4.69, 9.17) is 17.3 Å². The summed E-state index contributed by atoms with van der Waals surface area (Å²) in [7, 11) is 0. The number of rotatable bonds is 6. The van der Waals surface area contributed by atoms with Crippen LogP contribution < -0.4 is 5.73 Å². The number of halogens is 1. The van der Waals surface area contributed by atoms with E-state index in [1.54, 1.807) is 0 Å². The van der Waals surface area contributed by atoms with Gasteiger partial charge in [0, 0.05) is 6.54 Å². The summed E-state index contributed by atoms with van der Waals surface area (Å²) in [6, 6.07) is 0. The number of carbonyl (C=O) groups is 2.